The SMILES string of the molecule is CCCSc1nnc(C)c(C=CNc2ccc(F)cc2)n1. The van der Waals surface area contributed by atoms with Crippen LogP contribution in [0.2, 0.25) is 0 Å². The molecular formula is C15H17FN4S. The molecule has 0 bridgehead atoms. The van der Waals surface area contributed by atoms with Gasteiger partial charge in [-0.05, 0) is 43.7 Å². The number of benzene rings is 1. The highest BCUT2D eigenvalue weighted by molar-refractivity contribution is 7.99. The van der Waals surface area contributed by atoms with Crippen molar-refractivity contribution in [3.8, 4) is 0 Å². The van der Waals surface area contributed by atoms with E-state index in [-0.39, 0.29) is 5.82 Å². The number of halogens is 1. The summed E-state index contributed by atoms with van der Waals surface area (Å²) in [6.45, 7) is 3.98. The summed E-state index contributed by atoms with van der Waals surface area (Å²) in [5.74, 6) is 0.722. The maximum atomic E-state index is 12.8. The van der Waals surface area contributed by atoms with E-state index in [1.807, 2.05) is 13.0 Å². The molecule has 6 heteroatoms. The number of nitrogens with one attached hydrogen (secondary N) is 1. The maximum absolute atomic E-state index is 12.8. The molecule has 0 unspecified atom stereocenters. The fourth-order valence-electron chi connectivity index (χ4n) is 1.55. The number of anilines is 1. The minimum Gasteiger partial charge on any atom is -0.362 e. The maximum Gasteiger partial charge on any atom is 0.209 e. The van der Waals surface area contributed by atoms with Crippen molar-refractivity contribution in [2.75, 3.05) is 11.1 Å². The summed E-state index contributed by atoms with van der Waals surface area (Å²) < 4.78 is 12.8. The quantitative estimate of drug-likeness (QED) is 0.820. The highest BCUT2D eigenvalue weighted by Gasteiger charge is 2.03. The van der Waals surface area contributed by atoms with Crippen LogP contribution in [0.4, 0.5) is 10.1 Å². The Morgan fingerprint density at radius 3 is 2.71 bits per heavy atom. The molecule has 0 saturated heterocycles. The van der Waals surface area contributed by atoms with Crippen LogP contribution in [0.15, 0.2) is 35.6 Å². The Balaban J connectivity index is 2.03. The molecule has 110 valence electrons. The molecule has 1 heterocycles. The van der Waals surface area contributed by atoms with Crippen LogP contribution in [0.3, 0.4) is 0 Å². The molecule has 0 radical (unpaired) electrons. The smallest absolute Gasteiger partial charge is 0.209 e. The molecule has 2 aromatic rings. The highest BCUT2D eigenvalue weighted by Crippen LogP contribution is 2.15. The number of hydrogen-bond acceptors (Lipinski definition) is 5. The lowest BCUT2D eigenvalue weighted by Crippen LogP contribution is -1.99. The van der Waals surface area contributed by atoms with Crippen LogP contribution < -0.4 is 5.32 Å². The van der Waals surface area contributed by atoms with Gasteiger partial charge in [-0.15, -0.1) is 5.10 Å². The van der Waals surface area contributed by atoms with Gasteiger partial charge in [0.1, 0.15) is 5.82 Å². The Hall–Kier alpha value is -1.95. The molecule has 1 aromatic carbocycles. The van der Waals surface area contributed by atoms with Gasteiger partial charge in [-0.2, -0.15) is 5.10 Å². The molecule has 0 aliphatic heterocycles. The Morgan fingerprint density at radius 1 is 1.24 bits per heavy atom. The van der Waals surface area contributed by atoms with E-state index >= 15 is 0 Å². The average molecular weight is 304 g/mol. The zero-order valence-corrected chi connectivity index (χ0v) is 12.8. The minimum atomic E-state index is -0.252. The van der Waals surface area contributed by atoms with E-state index in [9.17, 15) is 4.39 Å². The van der Waals surface area contributed by atoms with E-state index in [0.717, 1.165) is 29.2 Å². The lowest BCUT2D eigenvalue weighted by molar-refractivity contribution is 0.628. The molecule has 21 heavy (non-hydrogen) atoms. The molecule has 1 N–H and O–H groups in total. The van der Waals surface area contributed by atoms with Crippen molar-refractivity contribution in [2.45, 2.75) is 25.4 Å². The third kappa shape index (κ3) is 4.82. The molecular weight excluding hydrogens is 287 g/mol. The van der Waals surface area contributed by atoms with Crippen LogP contribution in [0.25, 0.3) is 6.08 Å². The first kappa shape index (κ1) is 15.4. The zero-order chi connectivity index (χ0) is 15.1. The van der Waals surface area contributed by atoms with E-state index < -0.39 is 0 Å². The van der Waals surface area contributed by atoms with Gasteiger partial charge in [-0.3, -0.25) is 0 Å². The van der Waals surface area contributed by atoms with E-state index in [1.165, 1.54) is 12.1 Å². The number of aryl methyl sites for hydroxylation is 1. The van der Waals surface area contributed by atoms with Crippen molar-refractivity contribution in [3.63, 3.8) is 0 Å². The van der Waals surface area contributed by atoms with Gasteiger partial charge >= 0.3 is 0 Å². The highest BCUT2D eigenvalue weighted by atomic mass is 32.2. The van der Waals surface area contributed by atoms with Crippen molar-refractivity contribution >= 4 is 23.5 Å². The second kappa shape index (κ2) is 7.73. The summed E-state index contributed by atoms with van der Waals surface area (Å²) in [6.07, 6.45) is 4.67. The van der Waals surface area contributed by atoms with Gasteiger partial charge in [0.2, 0.25) is 5.16 Å². The van der Waals surface area contributed by atoms with Crippen LogP contribution >= 0.6 is 11.8 Å². The largest absolute Gasteiger partial charge is 0.362 e. The summed E-state index contributed by atoms with van der Waals surface area (Å²) in [5.41, 5.74) is 2.36. The number of rotatable bonds is 6. The van der Waals surface area contributed by atoms with Crippen LogP contribution in [0.5, 0.6) is 0 Å². The zero-order valence-electron chi connectivity index (χ0n) is 12.0. The molecule has 0 aliphatic carbocycles. The third-order valence-electron chi connectivity index (χ3n) is 2.64. The third-order valence-corrected chi connectivity index (χ3v) is 3.69. The van der Waals surface area contributed by atoms with Gasteiger partial charge in [0.15, 0.2) is 0 Å². The van der Waals surface area contributed by atoms with E-state index in [0.29, 0.717) is 5.16 Å². The predicted octanol–water partition coefficient (Wildman–Crippen LogP) is 3.90. The first-order chi connectivity index (χ1) is 10.2. The fourth-order valence-corrected chi connectivity index (χ4v) is 2.20. The standard InChI is InChI=1S/C15H17FN4S/c1-3-10-21-15-18-14(11(2)19-20-15)8-9-17-13-6-4-12(16)5-7-13/h4-9,17H,3,10H2,1-2H3. The van der Waals surface area contributed by atoms with Crippen molar-refractivity contribution in [1.29, 1.82) is 0 Å². The monoisotopic (exact) mass is 304 g/mol. The van der Waals surface area contributed by atoms with Crippen molar-refractivity contribution < 1.29 is 4.39 Å². The average Bonchev–Trinajstić information content (AvgIpc) is 2.50. The Morgan fingerprint density at radius 2 is 2.00 bits per heavy atom. The van der Waals surface area contributed by atoms with Crippen molar-refractivity contribution in [3.05, 3.63) is 47.7 Å². The normalized spacial score (nSPS) is 11.0. The number of thioether (sulfide) groups is 1. The van der Waals surface area contributed by atoms with Crippen LogP contribution in [-0.2, 0) is 0 Å². The lowest BCUT2D eigenvalue weighted by atomic mass is 10.3. The molecule has 0 amide bonds. The van der Waals surface area contributed by atoms with Gasteiger partial charge in [-0.25, -0.2) is 9.37 Å². The molecule has 0 saturated carbocycles. The molecule has 4 nitrogen and oxygen atoms in total. The van der Waals surface area contributed by atoms with Crippen LogP contribution in [0.1, 0.15) is 24.7 Å². The number of hydrogen-bond donors (Lipinski definition) is 1. The summed E-state index contributed by atoms with van der Waals surface area (Å²) in [4.78, 5) is 4.46. The van der Waals surface area contributed by atoms with Crippen LogP contribution in [-0.4, -0.2) is 20.9 Å². The molecule has 2 rings (SSSR count). The first-order valence-electron chi connectivity index (χ1n) is 6.72. The first-order valence-corrected chi connectivity index (χ1v) is 7.70. The summed E-state index contributed by atoms with van der Waals surface area (Å²) in [5, 5.41) is 11.9. The molecule has 1 aromatic heterocycles. The van der Waals surface area contributed by atoms with Gasteiger partial charge in [0.25, 0.3) is 0 Å². The van der Waals surface area contributed by atoms with Gasteiger partial charge in [-0.1, -0.05) is 18.7 Å². The van der Waals surface area contributed by atoms with Gasteiger partial charge in [0, 0.05) is 17.6 Å². The Bertz CT molecular complexity index is 614. The van der Waals surface area contributed by atoms with Gasteiger partial charge in [0.05, 0.1) is 11.4 Å². The predicted molar refractivity (Wildman–Crippen MR) is 84.6 cm³/mol. The Kier molecular flexibility index (Phi) is 5.68. The topological polar surface area (TPSA) is 50.7 Å². The van der Waals surface area contributed by atoms with E-state index in [4.69, 9.17) is 0 Å². The van der Waals surface area contributed by atoms with Crippen LogP contribution in [0, 0.1) is 12.7 Å². The molecule has 0 spiro atoms. The number of aromatic nitrogens is 3. The molecule has 0 aliphatic rings. The van der Waals surface area contributed by atoms with Crippen molar-refractivity contribution in [1.82, 2.24) is 15.2 Å². The second-order valence-electron chi connectivity index (χ2n) is 4.40. The summed E-state index contributed by atoms with van der Waals surface area (Å²) >= 11 is 1.59. The minimum absolute atomic E-state index is 0.252. The Labute approximate surface area is 127 Å². The second-order valence-corrected chi connectivity index (χ2v) is 5.46. The summed E-state index contributed by atoms with van der Waals surface area (Å²) in [7, 11) is 0. The van der Waals surface area contributed by atoms with Gasteiger partial charge < -0.3 is 5.32 Å². The fraction of sp³-hybridized carbons (Fsp3) is 0.267. The van der Waals surface area contributed by atoms with E-state index in [2.05, 4.69) is 27.4 Å². The lowest BCUT2D eigenvalue weighted by Gasteiger charge is -2.03. The molecule has 0 atom stereocenters. The molecule has 0 fully saturated rings. The number of nitrogens with zero attached hydrogens (tertiary/aromatic N) is 3. The van der Waals surface area contributed by atoms with Crippen molar-refractivity contribution in [2.24, 2.45) is 0 Å². The summed E-state index contributed by atoms with van der Waals surface area (Å²) in [6, 6.07) is 6.17. The van der Waals surface area contributed by atoms with E-state index in [1.54, 1.807) is 30.1 Å².